The van der Waals surface area contributed by atoms with Crippen molar-refractivity contribution >= 4 is 11.9 Å². The molecule has 0 saturated heterocycles. The van der Waals surface area contributed by atoms with Crippen LogP contribution in [-0.2, 0) is 14.3 Å². The van der Waals surface area contributed by atoms with Crippen LogP contribution in [0.3, 0.4) is 0 Å². The number of amides is 1. The van der Waals surface area contributed by atoms with Crippen molar-refractivity contribution in [2.45, 2.75) is 32.1 Å². The number of carboxylic acids is 1. The molecule has 2 N–H and O–H groups in total. The molecule has 0 unspecified atom stereocenters. The second-order valence-electron chi connectivity index (χ2n) is 5.07. The van der Waals surface area contributed by atoms with Crippen LogP contribution in [0.15, 0.2) is 0 Å². The Kier molecular flexibility index (Phi) is 6.24. The van der Waals surface area contributed by atoms with E-state index in [1.54, 1.807) is 0 Å². The summed E-state index contributed by atoms with van der Waals surface area (Å²) in [6, 6.07) is 0. The van der Waals surface area contributed by atoms with Crippen molar-refractivity contribution in [2.75, 3.05) is 33.4 Å². The zero-order chi connectivity index (χ0) is 14.3. The van der Waals surface area contributed by atoms with E-state index in [1.165, 1.54) is 12.0 Å². The molecule has 6 nitrogen and oxygen atoms in total. The first kappa shape index (κ1) is 15.9. The van der Waals surface area contributed by atoms with Gasteiger partial charge in [-0.2, -0.15) is 0 Å². The molecule has 6 heteroatoms. The number of hydrogen-bond acceptors (Lipinski definition) is 4. The van der Waals surface area contributed by atoms with Gasteiger partial charge in [-0.05, 0) is 12.8 Å². The van der Waals surface area contributed by atoms with Crippen LogP contribution < -0.4 is 0 Å². The predicted octanol–water partition coefficient (Wildman–Crippen LogP) is 0.489. The van der Waals surface area contributed by atoms with Gasteiger partial charge in [-0.15, -0.1) is 0 Å². The highest BCUT2D eigenvalue weighted by Gasteiger charge is 2.43. The van der Waals surface area contributed by atoms with Gasteiger partial charge in [0.2, 0.25) is 5.91 Å². The van der Waals surface area contributed by atoms with Gasteiger partial charge in [0, 0.05) is 26.6 Å². The molecule has 1 rings (SSSR count). The minimum absolute atomic E-state index is 0.0199. The van der Waals surface area contributed by atoms with Crippen LogP contribution in [0.25, 0.3) is 0 Å². The Hall–Kier alpha value is -1.14. The Morgan fingerprint density at radius 3 is 2.37 bits per heavy atom. The van der Waals surface area contributed by atoms with Crippen molar-refractivity contribution in [3.8, 4) is 0 Å². The summed E-state index contributed by atoms with van der Waals surface area (Å²) in [4.78, 5) is 25.1. The van der Waals surface area contributed by atoms with E-state index < -0.39 is 11.4 Å². The summed E-state index contributed by atoms with van der Waals surface area (Å²) in [5.41, 5.74) is -0.905. The molecule has 0 spiro atoms. The number of nitrogens with zero attached hydrogens (tertiary/aromatic N) is 1. The molecule has 0 aliphatic heterocycles. The molecule has 19 heavy (non-hydrogen) atoms. The largest absolute Gasteiger partial charge is 0.481 e. The van der Waals surface area contributed by atoms with Crippen molar-refractivity contribution < 1.29 is 24.5 Å². The van der Waals surface area contributed by atoms with Crippen molar-refractivity contribution in [3.63, 3.8) is 0 Å². The molecular formula is C13H23NO5. The van der Waals surface area contributed by atoms with Crippen LogP contribution in [0.1, 0.15) is 32.1 Å². The van der Waals surface area contributed by atoms with Crippen molar-refractivity contribution in [1.82, 2.24) is 4.90 Å². The van der Waals surface area contributed by atoms with Gasteiger partial charge >= 0.3 is 5.97 Å². The Morgan fingerprint density at radius 2 is 1.89 bits per heavy atom. The molecule has 1 amide bonds. The van der Waals surface area contributed by atoms with Crippen molar-refractivity contribution in [2.24, 2.45) is 5.41 Å². The number of aliphatic hydroxyl groups is 1. The Bertz CT molecular complexity index is 312. The minimum atomic E-state index is -0.905. The average molecular weight is 273 g/mol. The van der Waals surface area contributed by atoms with Gasteiger partial charge in [-0.1, -0.05) is 12.8 Å². The number of ether oxygens (including phenoxy) is 1. The van der Waals surface area contributed by atoms with Crippen LogP contribution in [0.4, 0.5) is 0 Å². The van der Waals surface area contributed by atoms with Gasteiger partial charge < -0.3 is 19.8 Å². The van der Waals surface area contributed by atoms with E-state index in [0.29, 0.717) is 26.0 Å². The molecule has 0 atom stereocenters. The zero-order valence-electron chi connectivity index (χ0n) is 11.4. The highest BCUT2D eigenvalue weighted by molar-refractivity contribution is 5.85. The lowest BCUT2D eigenvalue weighted by molar-refractivity contribution is -0.153. The monoisotopic (exact) mass is 273 g/mol. The summed E-state index contributed by atoms with van der Waals surface area (Å²) >= 11 is 0. The van der Waals surface area contributed by atoms with Crippen molar-refractivity contribution in [3.05, 3.63) is 0 Å². The Morgan fingerprint density at radius 1 is 1.26 bits per heavy atom. The van der Waals surface area contributed by atoms with Crippen LogP contribution in [0.5, 0.6) is 0 Å². The average Bonchev–Trinajstić information content (AvgIpc) is 2.84. The van der Waals surface area contributed by atoms with Crippen molar-refractivity contribution in [1.29, 1.82) is 0 Å². The van der Waals surface area contributed by atoms with Crippen LogP contribution in [0, 0.1) is 5.41 Å². The molecule has 1 aliphatic carbocycles. The highest BCUT2D eigenvalue weighted by Crippen LogP contribution is 2.41. The third-order valence-corrected chi connectivity index (χ3v) is 3.79. The number of carbonyl (C=O) groups is 2. The van der Waals surface area contributed by atoms with E-state index in [-0.39, 0.29) is 25.5 Å². The number of rotatable bonds is 8. The molecule has 0 aromatic heterocycles. The quantitative estimate of drug-likeness (QED) is 0.672. The van der Waals surface area contributed by atoms with E-state index in [4.69, 9.17) is 9.84 Å². The second-order valence-corrected chi connectivity index (χ2v) is 5.07. The Balaban J connectivity index is 2.65. The summed E-state index contributed by atoms with van der Waals surface area (Å²) in [7, 11) is 1.54. The maximum Gasteiger partial charge on any atom is 0.310 e. The number of carbonyl (C=O) groups excluding carboxylic acids is 1. The third-order valence-electron chi connectivity index (χ3n) is 3.79. The summed E-state index contributed by atoms with van der Waals surface area (Å²) < 4.78 is 4.92. The van der Waals surface area contributed by atoms with E-state index in [9.17, 15) is 14.7 Å². The number of methoxy groups -OCH3 is 1. The van der Waals surface area contributed by atoms with Crippen LogP contribution in [0.2, 0.25) is 0 Å². The number of aliphatic hydroxyl groups excluding tert-OH is 1. The first-order chi connectivity index (χ1) is 9.05. The molecule has 1 fully saturated rings. The number of carboxylic acid groups (broad SMARTS) is 1. The lowest BCUT2D eigenvalue weighted by atomic mass is 9.82. The molecule has 0 aromatic rings. The number of aliphatic carboxylic acids is 1. The maximum atomic E-state index is 12.2. The van der Waals surface area contributed by atoms with Gasteiger partial charge in [0.15, 0.2) is 0 Å². The molecule has 1 saturated carbocycles. The highest BCUT2D eigenvalue weighted by atomic mass is 16.5. The zero-order valence-corrected chi connectivity index (χ0v) is 11.4. The smallest absolute Gasteiger partial charge is 0.310 e. The third kappa shape index (κ3) is 4.18. The first-order valence-electron chi connectivity index (χ1n) is 6.67. The fourth-order valence-electron chi connectivity index (χ4n) is 2.60. The van der Waals surface area contributed by atoms with E-state index >= 15 is 0 Å². The first-order valence-corrected chi connectivity index (χ1v) is 6.67. The number of hydrogen-bond donors (Lipinski definition) is 2. The summed E-state index contributed by atoms with van der Waals surface area (Å²) in [6.45, 7) is 0.852. The molecular weight excluding hydrogens is 250 g/mol. The molecule has 110 valence electrons. The van der Waals surface area contributed by atoms with Crippen LogP contribution >= 0.6 is 0 Å². The lowest BCUT2D eigenvalue weighted by Gasteiger charge is -2.28. The molecule has 0 heterocycles. The normalized spacial score (nSPS) is 17.4. The van der Waals surface area contributed by atoms with Gasteiger partial charge in [0.1, 0.15) is 0 Å². The predicted molar refractivity (Wildman–Crippen MR) is 68.7 cm³/mol. The Labute approximate surface area is 113 Å². The van der Waals surface area contributed by atoms with Gasteiger partial charge in [-0.3, -0.25) is 9.59 Å². The standard InChI is InChI=1S/C13H23NO5/c1-19-9-7-14(6-8-15)11(16)10-13(12(17)18)4-2-3-5-13/h15H,2-10H2,1H3,(H,17,18). The topological polar surface area (TPSA) is 87.1 Å². The molecule has 0 bridgehead atoms. The summed E-state index contributed by atoms with van der Waals surface area (Å²) in [5, 5.41) is 18.3. The molecule has 1 aliphatic rings. The van der Waals surface area contributed by atoms with E-state index in [2.05, 4.69) is 0 Å². The lowest BCUT2D eigenvalue weighted by Crippen LogP contribution is -2.41. The van der Waals surface area contributed by atoms with E-state index in [1.807, 2.05) is 0 Å². The summed E-state index contributed by atoms with van der Waals surface area (Å²) in [5.74, 6) is -1.09. The fraction of sp³-hybridized carbons (Fsp3) is 0.846. The summed E-state index contributed by atoms with van der Waals surface area (Å²) in [6.07, 6.45) is 2.86. The van der Waals surface area contributed by atoms with Gasteiger partial charge in [-0.25, -0.2) is 0 Å². The molecule has 0 radical (unpaired) electrons. The second kappa shape index (κ2) is 7.45. The SMILES string of the molecule is COCCN(CCO)C(=O)CC1(C(=O)O)CCCC1. The maximum absolute atomic E-state index is 12.2. The fourth-order valence-corrected chi connectivity index (χ4v) is 2.60. The minimum Gasteiger partial charge on any atom is -0.481 e. The molecule has 0 aromatic carbocycles. The van der Waals surface area contributed by atoms with Gasteiger partial charge in [0.25, 0.3) is 0 Å². The van der Waals surface area contributed by atoms with E-state index in [0.717, 1.165) is 12.8 Å². The van der Waals surface area contributed by atoms with Gasteiger partial charge in [0.05, 0.1) is 18.6 Å². The van der Waals surface area contributed by atoms with Crippen LogP contribution in [-0.4, -0.2) is 60.4 Å².